The number of nitrogens with zero attached hydrogens (tertiary/aromatic N) is 1. The number of halogens is 2. The van der Waals surface area contributed by atoms with Crippen LogP contribution in [-0.4, -0.2) is 40.3 Å². The topological polar surface area (TPSA) is 75.7 Å². The van der Waals surface area contributed by atoms with E-state index in [0.717, 1.165) is 21.3 Å². The molecule has 158 valence electrons. The van der Waals surface area contributed by atoms with Gasteiger partial charge in [-0.05, 0) is 41.1 Å². The normalized spacial score (nSPS) is 11.3. The molecule has 9 heteroatoms. The molecule has 0 fully saturated rings. The summed E-state index contributed by atoms with van der Waals surface area (Å²) in [6.07, 6.45) is 1.01. The molecule has 0 unspecified atom stereocenters. The number of sulfonamides is 1. The minimum Gasteiger partial charge on any atom is -0.492 e. The Morgan fingerprint density at radius 1 is 1.00 bits per heavy atom. The van der Waals surface area contributed by atoms with Crippen molar-refractivity contribution < 1.29 is 17.9 Å². The molecule has 3 rings (SSSR count). The molecule has 0 aliphatic carbocycles. The van der Waals surface area contributed by atoms with Crippen molar-refractivity contribution in [2.45, 2.75) is 0 Å². The van der Waals surface area contributed by atoms with Gasteiger partial charge in [0, 0.05) is 10.0 Å². The molecular formula is C21H20Cl2N2O4S. The SMILES string of the molecule is CS(=O)(=O)N(CC(=O)NCCOc1ccc2ccccc2c1)c1cc(Cl)cc(Cl)c1. The number of carbonyl (C=O) groups excluding carboxylic acids is 1. The van der Waals surface area contributed by atoms with Crippen LogP contribution in [0.5, 0.6) is 5.75 Å². The van der Waals surface area contributed by atoms with Gasteiger partial charge in [-0.15, -0.1) is 0 Å². The lowest BCUT2D eigenvalue weighted by atomic mass is 10.1. The lowest BCUT2D eigenvalue weighted by Gasteiger charge is -2.22. The quantitative estimate of drug-likeness (QED) is 0.506. The highest BCUT2D eigenvalue weighted by Gasteiger charge is 2.21. The second-order valence-corrected chi connectivity index (χ2v) is 9.38. The van der Waals surface area contributed by atoms with Gasteiger partial charge in [-0.2, -0.15) is 0 Å². The van der Waals surface area contributed by atoms with Crippen molar-refractivity contribution >= 4 is 55.6 Å². The molecule has 0 aliphatic rings. The molecule has 0 spiro atoms. The number of hydrogen-bond acceptors (Lipinski definition) is 4. The molecule has 0 atom stereocenters. The summed E-state index contributed by atoms with van der Waals surface area (Å²) in [5.41, 5.74) is 0.220. The van der Waals surface area contributed by atoms with E-state index in [2.05, 4.69) is 5.32 Å². The second-order valence-electron chi connectivity index (χ2n) is 6.60. The third-order valence-electron chi connectivity index (χ3n) is 4.24. The first kappa shape index (κ1) is 22.2. The number of anilines is 1. The molecule has 3 aromatic carbocycles. The zero-order valence-corrected chi connectivity index (χ0v) is 18.5. The molecule has 30 heavy (non-hydrogen) atoms. The van der Waals surface area contributed by atoms with Crippen molar-refractivity contribution in [3.8, 4) is 5.75 Å². The summed E-state index contributed by atoms with van der Waals surface area (Å²) >= 11 is 11.9. The first-order valence-electron chi connectivity index (χ1n) is 9.04. The highest BCUT2D eigenvalue weighted by atomic mass is 35.5. The Balaban J connectivity index is 1.56. The van der Waals surface area contributed by atoms with Gasteiger partial charge in [-0.25, -0.2) is 8.42 Å². The predicted molar refractivity (Wildman–Crippen MR) is 121 cm³/mol. The Labute approximate surface area is 185 Å². The van der Waals surface area contributed by atoms with Gasteiger partial charge in [0.2, 0.25) is 15.9 Å². The summed E-state index contributed by atoms with van der Waals surface area (Å²) in [5.74, 6) is 0.216. The lowest BCUT2D eigenvalue weighted by Crippen LogP contribution is -2.41. The van der Waals surface area contributed by atoms with Crippen LogP contribution < -0.4 is 14.4 Å². The van der Waals surface area contributed by atoms with E-state index in [4.69, 9.17) is 27.9 Å². The summed E-state index contributed by atoms with van der Waals surface area (Å²) in [5, 5.41) is 5.37. The lowest BCUT2D eigenvalue weighted by molar-refractivity contribution is -0.119. The number of benzene rings is 3. The van der Waals surface area contributed by atoms with Gasteiger partial charge in [0.25, 0.3) is 0 Å². The van der Waals surface area contributed by atoms with Crippen LogP contribution in [0.3, 0.4) is 0 Å². The molecule has 0 saturated carbocycles. The van der Waals surface area contributed by atoms with Crippen LogP contribution in [0.25, 0.3) is 10.8 Å². The van der Waals surface area contributed by atoms with Crippen molar-refractivity contribution in [3.63, 3.8) is 0 Å². The first-order chi connectivity index (χ1) is 14.2. The van der Waals surface area contributed by atoms with Crippen LogP contribution in [0.2, 0.25) is 10.0 Å². The number of rotatable bonds is 8. The maximum Gasteiger partial charge on any atom is 0.240 e. The van der Waals surface area contributed by atoms with Crippen molar-refractivity contribution in [1.29, 1.82) is 0 Å². The molecule has 0 aliphatic heterocycles. The summed E-state index contributed by atoms with van der Waals surface area (Å²) in [6, 6.07) is 18.0. The van der Waals surface area contributed by atoms with Crippen LogP contribution >= 0.6 is 23.2 Å². The summed E-state index contributed by atoms with van der Waals surface area (Å²) in [4.78, 5) is 12.3. The van der Waals surface area contributed by atoms with E-state index in [0.29, 0.717) is 5.75 Å². The van der Waals surface area contributed by atoms with Crippen LogP contribution in [0.15, 0.2) is 60.7 Å². The average molecular weight is 467 g/mol. The summed E-state index contributed by atoms with van der Waals surface area (Å²) < 4.78 is 30.9. The number of hydrogen-bond donors (Lipinski definition) is 1. The van der Waals surface area contributed by atoms with E-state index in [1.54, 1.807) is 0 Å². The summed E-state index contributed by atoms with van der Waals surface area (Å²) in [7, 11) is -3.72. The van der Waals surface area contributed by atoms with Gasteiger partial charge in [0.15, 0.2) is 0 Å². The van der Waals surface area contributed by atoms with E-state index < -0.39 is 22.5 Å². The fourth-order valence-electron chi connectivity index (χ4n) is 2.89. The van der Waals surface area contributed by atoms with Crippen LogP contribution in [0.1, 0.15) is 0 Å². The largest absolute Gasteiger partial charge is 0.492 e. The third kappa shape index (κ3) is 6.01. The molecular weight excluding hydrogens is 447 g/mol. The van der Waals surface area contributed by atoms with Crippen LogP contribution in [0.4, 0.5) is 5.69 Å². The Kier molecular flexibility index (Phi) is 7.07. The van der Waals surface area contributed by atoms with Crippen molar-refractivity contribution in [3.05, 3.63) is 70.7 Å². The number of fused-ring (bicyclic) bond motifs is 1. The maximum absolute atomic E-state index is 12.3. The van der Waals surface area contributed by atoms with E-state index >= 15 is 0 Å². The minimum absolute atomic E-state index is 0.220. The molecule has 6 nitrogen and oxygen atoms in total. The van der Waals surface area contributed by atoms with E-state index in [1.165, 1.54) is 18.2 Å². The number of amides is 1. The fourth-order valence-corrected chi connectivity index (χ4v) is 4.24. The van der Waals surface area contributed by atoms with Gasteiger partial charge in [0.05, 0.1) is 18.5 Å². The molecule has 0 bridgehead atoms. The Morgan fingerprint density at radius 2 is 1.67 bits per heavy atom. The van der Waals surface area contributed by atoms with Gasteiger partial charge in [0.1, 0.15) is 18.9 Å². The van der Waals surface area contributed by atoms with Crippen molar-refractivity contribution in [2.75, 3.05) is 30.3 Å². The molecule has 0 saturated heterocycles. The molecule has 0 radical (unpaired) electrons. The minimum atomic E-state index is -3.72. The maximum atomic E-state index is 12.3. The Morgan fingerprint density at radius 3 is 2.33 bits per heavy atom. The van der Waals surface area contributed by atoms with Crippen LogP contribution in [-0.2, 0) is 14.8 Å². The number of carbonyl (C=O) groups is 1. The molecule has 3 aromatic rings. The fraction of sp³-hybridized carbons (Fsp3) is 0.190. The van der Waals surface area contributed by atoms with E-state index in [-0.39, 0.29) is 28.9 Å². The average Bonchev–Trinajstić information content (AvgIpc) is 2.67. The smallest absolute Gasteiger partial charge is 0.240 e. The number of nitrogens with one attached hydrogen (secondary N) is 1. The third-order valence-corrected chi connectivity index (χ3v) is 5.81. The van der Waals surface area contributed by atoms with Crippen molar-refractivity contribution in [1.82, 2.24) is 5.32 Å². The standard InChI is InChI=1S/C21H20Cl2N2O4S/c1-30(27,28)25(19-12-17(22)11-18(23)13-19)14-21(26)24-8-9-29-20-7-6-15-4-2-3-5-16(15)10-20/h2-7,10-13H,8-9,14H2,1H3,(H,24,26). The molecule has 1 amide bonds. The molecule has 0 heterocycles. The van der Waals surface area contributed by atoms with E-state index in [1.807, 2.05) is 42.5 Å². The van der Waals surface area contributed by atoms with Gasteiger partial charge >= 0.3 is 0 Å². The summed E-state index contributed by atoms with van der Waals surface area (Å²) in [6.45, 7) is 0.0665. The second kappa shape index (κ2) is 9.55. The molecule has 0 aromatic heterocycles. The molecule has 1 N–H and O–H groups in total. The Hall–Kier alpha value is -2.48. The highest BCUT2D eigenvalue weighted by Crippen LogP contribution is 2.27. The van der Waals surface area contributed by atoms with Gasteiger partial charge < -0.3 is 10.1 Å². The van der Waals surface area contributed by atoms with Gasteiger partial charge in [-0.3, -0.25) is 9.10 Å². The number of ether oxygens (including phenoxy) is 1. The zero-order chi connectivity index (χ0) is 21.7. The predicted octanol–water partition coefficient (Wildman–Crippen LogP) is 4.11. The van der Waals surface area contributed by atoms with Gasteiger partial charge in [-0.1, -0.05) is 53.5 Å². The zero-order valence-electron chi connectivity index (χ0n) is 16.1. The monoisotopic (exact) mass is 466 g/mol. The van der Waals surface area contributed by atoms with Crippen LogP contribution in [0, 0.1) is 0 Å². The highest BCUT2D eigenvalue weighted by molar-refractivity contribution is 7.92. The van der Waals surface area contributed by atoms with Crippen molar-refractivity contribution in [2.24, 2.45) is 0 Å². The van der Waals surface area contributed by atoms with E-state index in [9.17, 15) is 13.2 Å². The first-order valence-corrected chi connectivity index (χ1v) is 11.6. The Bertz CT molecular complexity index is 1150.